The fourth-order valence-electron chi connectivity index (χ4n) is 3.73. The van der Waals surface area contributed by atoms with Crippen LogP contribution in [0.1, 0.15) is 38.5 Å². The molecule has 2 heteroatoms. The maximum Gasteiger partial charge on any atom is 0.0107 e. The smallest absolute Gasteiger partial charge is 0.0107 e. The van der Waals surface area contributed by atoms with Crippen LogP contribution in [-0.4, -0.2) is 37.6 Å². The van der Waals surface area contributed by atoms with Crippen molar-refractivity contribution in [3.8, 4) is 0 Å². The molecule has 0 aromatic heterocycles. The molecule has 2 aliphatic carbocycles. The summed E-state index contributed by atoms with van der Waals surface area (Å²) in [6, 6.07) is 0. The Hall–Kier alpha value is -0.0800. The summed E-state index contributed by atoms with van der Waals surface area (Å²) in [4.78, 5) is 2.63. The normalized spacial score (nSPS) is 38.6. The van der Waals surface area contributed by atoms with Crippen molar-refractivity contribution in [3.63, 3.8) is 0 Å². The quantitative estimate of drug-likeness (QED) is 0.717. The zero-order valence-electron chi connectivity index (χ0n) is 10.5. The van der Waals surface area contributed by atoms with Gasteiger partial charge in [0.1, 0.15) is 0 Å². The number of hydrogen-bond donors (Lipinski definition) is 1. The Labute approximate surface area is 99.8 Å². The lowest BCUT2D eigenvalue weighted by Gasteiger charge is -2.26. The standard InChI is InChI=1S/C14H26N2/c1-2-5-16(6-3-1)7-4-15-11-12-8-13-10-14(13)9-12/h12-15H,1-11H2. The van der Waals surface area contributed by atoms with Crippen LogP contribution in [0.2, 0.25) is 0 Å². The van der Waals surface area contributed by atoms with E-state index in [0.717, 1.165) is 17.8 Å². The molecule has 1 saturated heterocycles. The van der Waals surface area contributed by atoms with Crippen molar-refractivity contribution >= 4 is 0 Å². The SMILES string of the molecule is C1CCN(CCNCC2CC3CC3C2)CC1. The molecule has 0 aromatic rings. The van der Waals surface area contributed by atoms with Crippen LogP contribution in [-0.2, 0) is 0 Å². The minimum atomic E-state index is 1.02. The van der Waals surface area contributed by atoms with Gasteiger partial charge >= 0.3 is 0 Å². The Bertz CT molecular complexity index is 209. The van der Waals surface area contributed by atoms with Gasteiger partial charge in [0.25, 0.3) is 0 Å². The number of nitrogens with one attached hydrogen (secondary N) is 1. The highest BCUT2D eigenvalue weighted by molar-refractivity contribution is 4.96. The first-order chi connectivity index (χ1) is 7.92. The first kappa shape index (κ1) is 11.0. The van der Waals surface area contributed by atoms with Crippen LogP contribution in [0.5, 0.6) is 0 Å². The van der Waals surface area contributed by atoms with Gasteiger partial charge in [0.15, 0.2) is 0 Å². The van der Waals surface area contributed by atoms with Gasteiger partial charge in [-0.3, -0.25) is 0 Å². The fraction of sp³-hybridized carbons (Fsp3) is 1.00. The van der Waals surface area contributed by atoms with Crippen LogP contribution in [0.4, 0.5) is 0 Å². The van der Waals surface area contributed by atoms with Crippen LogP contribution >= 0.6 is 0 Å². The third kappa shape index (κ3) is 2.78. The number of piperidine rings is 1. The third-order valence-corrected chi connectivity index (χ3v) is 4.83. The van der Waals surface area contributed by atoms with Crippen molar-refractivity contribution in [2.45, 2.75) is 38.5 Å². The summed E-state index contributed by atoms with van der Waals surface area (Å²) < 4.78 is 0. The minimum Gasteiger partial charge on any atom is -0.315 e. The van der Waals surface area contributed by atoms with Crippen molar-refractivity contribution in [2.75, 3.05) is 32.7 Å². The lowest BCUT2D eigenvalue weighted by Crippen LogP contribution is -2.37. The Morgan fingerprint density at radius 3 is 2.44 bits per heavy atom. The second kappa shape index (κ2) is 5.05. The Kier molecular flexibility index (Phi) is 3.49. The van der Waals surface area contributed by atoms with Gasteiger partial charge < -0.3 is 10.2 Å². The van der Waals surface area contributed by atoms with E-state index >= 15 is 0 Å². The lowest BCUT2D eigenvalue weighted by molar-refractivity contribution is 0.227. The van der Waals surface area contributed by atoms with E-state index in [-0.39, 0.29) is 0 Å². The molecule has 0 bridgehead atoms. The predicted molar refractivity (Wildman–Crippen MR) is 67.5 cm³/mol. The second-order valence-electron chi connectivity index (χ2n) is 6.20. The monoisotopic (exact) mass is 222 g/mol. The van der Waals surface area contributed by atoms with Crippen LogP contribution in [0, 0.1) is 17.8 Å². The largest absolute Gasteiger partial charge is 0.315 e. The van der Waals surface area contributed by atoms with Crippen molar-refractivity contribution in [3.05, 3.63) is 0 Å². The van der Waals surface area contributed by atoms with Crippen molar-refractivity contribution < 1.29 is 0 Å². The highest BCUT2D eigenvalue weighted by Crippen LogP contribution is 2.54. The molecule has 3 aliphatic rings. The molecular formula is C14H26N2. The van der Waals surface area contributed by atoms with E-state index in [1.54, 1.807) is 6.42 Å². The van der Waals surface area contributed by atoms with Gasteiger partial charge in [0, 0.05) is 13.1 Å². The Balaban J connectivity index is 1.23. The summed E-state index contributed by atoms with van der Waals surface area (Å²) in [5, 5.41) is 3.67. The summed E-state index contributed by atoms with van der Waals surface area (Å²) in [5.74, 6) is 3.31. The predicted octanol–water partition coefficient (Wildman–Crippen LogP) is 2.11. The highest BCUT2D eigenvalue weighted by Gasteiger charge is 2.45. The number of nitrogens with zero attached hydrogens (tertiary/aromatic N) is 1. The average Bonchev–Trinajstić information content (AvgIpc) is 2.94. The molecule has 0 amide bonds. The molecule has 1 aliphatic heterocycles. The molecule has 2 saturated carbocycles. The fourth-order valence-corrected chi connectivity index (χ4v) is 3.73. The van der Waals surface area contributed by atoms with E-state index in [1.807, 2.05) is 0 Å². The van der Waals surface area contributed by atoms with Gasteiger partial charge in [-0.15, -0.1) is 0 Å². The second-order valence-corrected chi connectivity index (χ2v) is 6.20. The molecule has 0 radical (unpaired) electrons. The van der Waals surface area contributed by atoms with Crippen molar-refractivity contribution in [1.29, 1.82) is 0 Å². The highest BCUT2D eigenvalue weighted by atomic mass is 15.1. The summed E-state index contributed by atoms with van der Waals surface area (Å²) >= 11 is 0. The number of fused-ring (bicyclic) bond motifs is 1. The van der Waals surface area contributed by atoms with Crippen LogP contribution in [0.15, 0.2) is 0 Å². The molecule has 16 heavy (non-hydrogen) atoms. The van der Waals surface area contributed by atoms with Gasteiger partial charge in [-0.25, -0.2) is 0 Å². The molecule has 0 aromatic carbocycles. The van der Waals surface area contributed by atoms with E-state index in [0.29, 0.717) is 0 Å². The van der Waals surface area contributed by atoms with E-state index < -0.39 is 0 Å². The van der Waals surface area contributed by atoms with E-state index in [1.165, 1.54) is 64.8 Å². The first-order valence-electron chi connectivity index (χ1n) is 7.35. The first-order valence-corrected chi connectivity index (χ1v) is 7.35. The van der Waals surface area contributed by atoms with Gasteiger partial charge in [0.05, 0.1) is 0 Å². The average molecular weight is 222 g/mol. The maximum atomic E-state index is 3.67. The molecule has 2 atom stereocenters. The molecule has 1 N–H and O–H groups in total. The zero-order chi connectivity index (χ0) is 10.8. The molecule has 3 fully saturated rings. The molecule has 0 spiro atoms. The number of rotatable bonds is 5. The molecule has 92 valence electrons. The summed E-state index contributed by atoms with van der Waals surface area (Å²) in [6.07, 6.45) is 8.92. The van der Waals surface area contributed by atoms with E-state index in [9.17, 15) is 0 Å². The third-order valence-electron chi connectivity index (χ3n) is 4.83. The zero-order valence-corrected chi connectivity index (χ0v) is 10.5. The van der Waals surface area contributed by atoms with Crippen LogP contribution < -0.4 is 5.32 Å². The summed E-state index contributed by atoms with van der Waals surface area (Å²) in [5.41, 5.74) is 0. The number of hydrogen-bond acceptors (Lipinski definition) is 2. The molecule has 2 nitrogen and oxygen atoms in total. The molecular weight excluding hydrogens is 196 g/mol. The maximum absolute atomic E-state index is 3.67. The Morgan fingerprint density at radius 1 is 0.938 bits per heavy atom. The van der Waals surface area contributed by atoms with Crippen LogP contribution in [0.25, 0.3) is 0 Å². The van der Waals surface area contributed by atoms with Gasteiger partial charge in [-0.1, -0.05) is 6.42 Å². The van der Waals surface area contributed by atoms with Crippen LogP contribution in [0.3, 0.4) is 0 Å². The Morgan fingerprint density at radius 2 is 1.69 bits per heavy atom. The topological polar surface area (TPSA) is 15.3 Å². The van der Waals surface area contributed by atoms with Gasteiger partial charge in [-0.05, 0) is 69.5 Å². The van der Waals surface area contributed by atoms with Crippen molar-refractivity contribution in [1.82, 2.24) is 10.2 Å². The minimum absolute atomic E-state index is 1.02. The number of likely N-dealkylation sites (tertiary alicyclic amines) is 1. The molecule has 2 unspecified atom stereocenters. The van der Waals surface area contributed by atoms with E-state index in [2.05, 4.69) is 10.2 Å². The molecule has 1 heterocycles. The van der Waals surface area contributed by atoms with Gasteiger partial charge in [-0.2, -0.15) is 0 Å². The lowest BCUT2D eigenvalue weighted by atomic mass is 10.0. The van der Waals surface area contributed by atoms with Crippen molar-refractivity contribution in [2.24, 2.45) is 17.8 Å². The molecule has 3 rings (SSSR count). The summed E-state index contributed by atoms with van der Waals surface area (Å²) in [6.45, 7) is 6.47. The van der Waals surface area contributed by atoms with Gasteiger partial charge in [0.2, 0.25) is 0 Å². The summed E-state index contributed by atoms with van der Waals surface area (Å²) in [7, 11) is 0. The van der Waals surface area contributed by atoms with E-state index in [4.69, 9.17) is 0 Å².